The van der Waals surface area contributed by atoms with Crippen LogP contribution in [0.4, 0.5) is 11.6 Å². The molecule has 2 heterocycles. The highest BCUT2D eigenvalue weighted by Gasteiger charge is 2.28. The molecule has 0 unspecified atom stereocenters. The van der Waals surface area contributed by atoms with Gasteiger partial charge in [-0.1, -0.05) is 30.3 Å². The molecule has 0 spiro atoms. The van der Waals surface area contributed by atoms with Crippen LogP contribution >= 0.6 is 0 Å². The number of benzene rings is 2. The second-order valence-corrected chi connectivity index (χ2v) is 6.70. The molecule has 7 heteroatoms. The maximum atomic E-state index is 12.8. The number of hydrogen-bond acceptors (Lipinski definition) is 5. The highest BCUT2D eigenvalue weighted by molar-refractivity contribution is 5.98. The van der Waals surface area contributed by atoms with Gasteiger partial charge in [-0.25, -0.2) is 9.97 Å². The molecule has 1 aliphatic rings. The summed E-state index contributed by atoms with van der Waals surface area (Å²) in [6, 6.07) is 16.6. The molecule has 0 atom stereocenters. The monoisotopic (exact) mass is 375 g/mol. The van der Waals surface area contributed by atoms with Gasteiger partial charge in [0, 0.05) is 38.7 Å². The quantitative estimate of drug-likeness (QED) is 0.757. The Morgan fingerprint density at radius 1 is 0.929 bits per heavy atom. The molecule has 2 aromatic carbocycles. The lowest BCUT2D eigenvalue weighted by Gasteiger charge is -2.33. The van der Waals surface area contributed by atoms with Crippen molar-refractivity contribution in [3.05, 3.63) is 60.2 Å². The van der Waals surface area contributed by atoms with E-state index in [2.05, 4.69) is 15.3 Å². The van der Waals surface area contributed by atoms with Crippen LogP contribution in [0.3, 0.4) is 0 Å². The van der Waals surface area contributed by atoms with Gasteiger partial charge in [0.25, 0.3) is 5.91 Å². The highest BCUT2D eigenvalue weighted by Crippen LogP contribution is 2.30. The van der Waals surface area contributed by atoms with Crippen LogP contribution in [0.1, 0.15) is 16.8 Å². The van der Waals surface area contributed by atoms with Crippen molar-refractivity contribution in [1.82, 2.24) is 15.3 Å². The lowest BCUT2D eigenvalue weighted by molar-refractivity contribution is -0.118. The first-order valence-electron chi connectivity index (χ1n) is 9.25. The minimum atomic E-state index is -0.182. The van der Waals surface area contributed by atoms with Gasteiger partial charge in [-0.2, -0.15) is 0 Å². The molecule has 1 aliphatic heterocycles. The fourth-order valence-corrected chi connectivity index (χ4v) is 3.23. The van der Waals surface area contributed by atoms with Crippen molar-refractivity contribution in [2.75, 3.05) is 36.5 Å². The molecule has 2 amide bonds. The third kappa shape index (κ3) is 3.51. The minimum absolute atomic E-state index is 0.0766. The van der Waals surface area contributed by atoms with Gasteiger partial charge in [-0.3, -0.25) is 14.5 Å². The number of carbonyl (C=O) groups excluding carboxylic acids is 2. The minimum Gasteiger partial charge on any atom is -0.355 e. The predicted octanol–water partition coefficient (Wildman–Crippen LogP) is 2.23. The molecular formula is C21H21N5O2. The number of amides is 2. The van der Waals surface area contributed by atoms with Crippen molar-refractivity contribution in [1.29, 1.82) is 0 Å². The zero-order valence-electron chi connectivity index (χ0n) is 15.6. The van der Waals surface area contributed by atoms with Gasteiger partial charge >= 0.3 is 0 Å². The third-order valence-corrected chi connectivity index (χ3v) is 4.77. The maximum Gasteiger partial charge on any atom is 0.251 e. The van der Waals surface area contributed by atoms with Gasteiger partial charge in [-0.05, 0) is 24.3 Å². The zero-order chi connectivity index (χ0) is 19.5. The molecular weight excluding hydrogens is 354 g/mol. The number of nitrogens with one attached hydrogen (secondary N) is 1. The molecule has 7 nitrogen and oxygen atoms in total. The Bertz CT molecular complexity index is 1020. The van der Waals surface area contributed by atoms with E-state index in [1.54, 1.807) is 17.0 Å². The Morgan fingerprint density at radius 3 is 2.29 bits per heavy atom. The number of aromatic nitrogens is 2. The summed E-state index contributed by atoms with van der Waals surface area (Å²) in [4.78, 5) is 38.0. The number of para-hydroxylation sites is 2. The van der Waals surface area contributed by atoms with Gasteiger partial charge in [0.05, 0.1) is 11.0 Å². The van der Waals surface area contributed by atoms with Crippen LogP contribution in [0.2, 0.25) is 0 Å². The number of nitrogens with zero attached hydrogens (tertiary/aromatic N) is 4. The fourth-order valence-electron chi connectivity index (χ4n) is 3.23. The summed E-state index contributed by atoms with van der Waals surface area (Å²) in [6.07, 6.45) is 0.205. The Kier molecular flexibility index (Phi) is 4.89. The average molecular weight is 375 g/mol. The normalized spacial score (nSPS) is 13.3. The third-order valence-electron chi connectivity index (χ3n) is 4.77. The Morgan fingerprint density at radius 2 is 1.57 bits per heavy atom. The molecule has 0 fully saturated rings. The van der Waals surface area contributed by atoms with Crippen molar-refractivity contribution < 1.29 is 9.59 Å². The number of likely N-dealkylation sites (N-methyl/N-ethyl adjacent to an activating group) is 1. The topological polar surface area (TPSA) is 78.4 Å². The van der Waals surface area contributed by atoms with E-state index in [-0.39, 0.29) is 24.8 Å². The van der Waals surface area contributed by atoms with E-state index in [4.69, 9.17) is 0 Å². The number of anilines is 2. The number of fused-ring (bicyclic) bond motifs is 2. The lowest BCUT2D eigenvalue weighted by Crippen LogP contribution is -2.44. The van der Waals surface area contributed by atoms with Crippen LogP contribution in [0.5, 0.6) is 0 Å². The van der Waals surface area contributed by atoms with Crippen LogP contribution in [-0.2, 0) is 4.79 Å². The first-order valence-corrected chi connectivity index (χ1v) is 9.25. The Labute approximate surface area is 163 Å². The second kappa shape index (κ2) is 7.64. The Hall–Kier alpha value is -3.48. The summed E-state index contributed by atoms with van der Waals surface area (Å²) in [5, 5.41) is 2.80. The summed E-state index contributed by atoms with van der Waals surface area (Å²) in [5.41, 5.74) is 2.14. The average Bonchev–Trinajstić information content (AvgIpc) is 2.73. The van der Waals surface area contributed by atoms with E-state index in [1.165, 1.54) is 0 Å². The molecule has 1 aromatic heterocycles. The van der Waals surface area contributed by atoms with E-state index in [0.29, 0.717) is 30.3 Å². The molecule has 3 aromatic rings. The van der Waals surface area contributed by atoms with E-state index in [0.717, 1.165) is 11.0 Å². The van der Waals surface area contributed by atoms with E-state index >= 15 is 0 Å². The van der Waals surface area contributed by atoms with Crippen LogP contribution in [0.25, 0.3) is 11.0 Å². The zero-order valence-corrected chi connectivity index (χ0v) is 15.6. The van der Waals surface area contributed by atoms with Crippen molar-refractivity contribution in [2.45, 2.75) is 6.42 Å². The first kappa shape index (κ1) is 17.9. The highest BCUT2D eigenvalue weighted by atomic mass is 16.2. The van der Waals surface area contributed by atoms with Gasteiger partial charge in [0.15, 0.2) is 11.6 Å². The van der Waals surface area contributed by atoms with Crippen LogP contribution < -0.4 is 15.1 Å². The molecule has 0 saturated carbocycles. The molecule has 142 valence electrons. The molecule has 4 rings (SSSR count). The van der Waals surface area contributed by atoms with Gasteiger partial charge in [-0.15, -0.1) is 0 Å². The van der Waals surface area contributed by atoms with Crippen molar-refractivity contribution >= 4 is 34.5 Å². The maximum absolute atomic E-state index is 12.8. The first-order chi connectivity index (χ1) is 13.6. The molecule has 0 bridgehead atoms. The predicted molar refractivity (Wildman–Crippen MR) is 109 cm³/mol. The summed E-state index contributed by atoms with van der Waals surface area (Å²) in [5.74, 6) is 1.02. The Balaban J connectivity index is 1.47. The summed E-state index contributed by atoms with van der Waals surface area (Å²) < 4.78 is 0. The van der Waals surface area contributed by atoms with Gasteiger partial charge < -0.3 is 10.2 Å². The molecule has 0 saturated heterocycles. The van der Waals surface area contributed by atoms with Crippen LogP contribution in [0.15, 0.2) is 54.6 Å². The smallest absolute Gasteiger partial charge is 0.251 e. The summed E-state index contributed by atoms with van der Waals surface area (Å²) in [7, 11) is 1.95. The van der Waals surface area contributed by atoms with Gasteiger partial charge in [0.2, 0.25) is 5.91 Å². The van der Waals surface area contributed by atoms with Gasteiger partial charge in [0.1, 0.15) is 0 Å². The van der Waals surface area contributed by atoms with Crippen LogP contribution in [-0.4, -0.2) is 48.5 Å². The van der Waals surface area contributed by atoms with Crippen molar-refractivity contribution in [3.8, 4) is 0 Å². The van der Waals surface area contributed by atoms with E-state index in [1.807, 2.05) is 54.4 Å². The molecule has 1 N–H and O–H groups in total. The standard InChI is InChI=1S/C21H21N5O2/c1-25-13-14-26(20-19(25)23-16-9-5-6-10-17(16)24-20)18(27)11-12-22-21(28)15-7-3-2-4-8-15/h2-10H,11-14H2,1H3,(H,22,28). The SMILES string of the molecule is CN1CCN(C(=O)CCNC(=O)c2ccccc2)c2nc3ccccc3nc21. The second-order valence-electron chi connectivity index (χ2n) is 6.70. The van der Waals surface area contributed by atoms with Crippen LogP contribution in [0, 0.1) is 0 Å². The van der Waals surface area contributed by atoms with Crippen molar-refractivity contribution in [3.63, 3.8) is 0 Å². The largest absolute Gasteiger partial charge is 0.355 e. The number of hydrogen-bond donors (Lipinski definition) is 1. The number of carbonyl (C=O) groups is 2. The fraction of sp³-hybridized carbons (Fsp3) is 0.238. The van der Waals surface area contributed by atoms with Crippen molar-refractivity contribution in [2.24, 2.45) is 0 Å². The van der Waals surface area contributed by atoms with E-state index in [9.17, 15) is 9.59 Å². The lowest BCUT2D eigenvalue weighted by atomic mass is 10.2. The number of rotatable bonds is 4. The summed E-state index contributed by atoms with van der Waals surface area (Å²) in [6.45, 7) is 1.50. The molecule has 28 heavy (non-hydrogen) atoms. The molecule has 0 radical (unpaired) electrons. The van der Waals surface area contributed by atoms with E-state index < -0.39 is 0 Å². The molecule has 0 aliphatic carbocycles. The summed E-state index contributed by atoms with van der Waals surface area (Å²) >= 11 is 0.